The second kappa shape index (κ2) is 14.5. The van der Waals surface area contributed by atoms with Crippen LogP contribution in [0.15, 0.2) is 186 Å². The van der Waals surface area contributed by atoms with Gasteiger partial charge in [0.05, 0.1) is 5.41 Å². The highest BCUT2D eigenvalue weighted by Crippen LogP contribution is 2.64. The molecule has 4 aliphatic rings. The van der Waals surface area contributed by atoms with Gasteiger partial charge in [0.2, 0.25) is 0 Å². The molecule has 0 bridgehead atoms. The van der Waals surface area contributed by atoms with Crippen LogP contribution in [0.4, 0.5) is 17.1 Å². The SMILES string of the molecule is C=c1c(/C(=C/C)C2=C(C)C(C)=C(/C=C\C)C23c2ccccc2-c2ccccc23)cc(N(c2ccc3c(c2)C(C)(C)c2ccccc2-3)c2ccc3c(c2)C(C)(C)c2ccccc2-3)c/c1=C/C. The normalized spacial score (nSPS) is 17.1. The Kier molecular flexibility index (Phi) is 9.12. The van der Waals surface area contributed by atoms with Gasteiger partial charge >= 0.3 is 0 Å². The third kappa shape index (κ3) is 5.45. The van der Waals surface area contributed by atoms with Crippen molar-refractivity contribution in [2.24, 2.45) is 0 Å². The van der Waals surface area contributed by atoms with E-state index in [0.717, 1.165) is 33.1 Å². The highest BCUT2D eigenvalue weighted by atomic mass is 15.1. The number of benzene rings is 7. The van der Waals surface area contributed by atoms with Gasteiger partial charge in [0.15, 0.2) is 0 Å². The standard InChI is InChI=1S/C64H57N/c1-11-22-54-39(4)40(5)61(64(54)57-29-20-16-25-49(57)50-26-17-21-30-58(50)64)46(13-3)53-36-45(35-42(12-2)41(53)6)65(43-31-33-51-47-23-14-18-27-55(47)62(7,8)59(51)37-43)44-32-34-52-48-24-15-19-28-56(48)63(9,10)60(52)38-44/h11-38H,6H2,1-5,7-10H3/b22-11-,42-12-,46-13-. The maximum Gasteiger partial charge on any atom is 0.0724 e. The van der Waals surface area contributed by atoms with Gasteiger partial charge in [-0.1, -0.05) is 168 Å². The zero-order chi connectivity index (χ0) is 45.2. The van der Waals surface area contributed by atoms with Crippen LogP contribution in [0, 0.1) is 0 Å². The molecule has 7 aromatic rings. The molecule has 0 aliphatic heterocycles. The van der Waals surface area contributed by atoms with Crippen LogP contribution in [0.1, 0.15) is 101 Å². The number of hydrogen-bond donors (Lipinski definition) is 0. The van der Waals surface area contributed by atoms with Crippen LogP contribution in [0.3, 0.4) is 0 Å². The monoisotopic (exact) mass is 839 g/mol. The predicted octanol–water partition coefficient (Wildman–Crippen LogP) is 15.6. The summed E-state index contributed by atoms with van der Waals surface area (Å²) < 4.78 is 0. The average molecular weight is 840 g/mol. The summed E-state index contributed by atoms with van der Waals surface area (Å²) in [6.07, 6.45) is 9.19. The second-order valence-electron chi connectivity index (χ2n) is 19.6. The lowest BCUT2D eigenvalue weighted by molar-refractivity contribution is 0.660. The number of anilines is 3. The number of rotatable bonds is 6. The first-order chi connectivity index (χ1) is 31.4. The summed E-state index contributed by atoms with van der Waals surface area (Å²) in [5, 5.41) is 2.16. The van der Waals surface area contributed by atoms with Crippen molar-refractivity contribution in [1.29, 1.82) is 0 Å². The molecule has 7 aromatic carbocycles. The third-order valence-electron chi connectivity index (χ3n) is 15.7. The lowest BCUT2D eigenvalue weighted by Gasteiger charge is -2.36. The van der Waals surface area contributed by atoms with Crippen molar-refractivity contribution in [1.82, 2.24) is 0 Å². The number of fused-ring (bicyclic) bond motifs is 11. The Morgan fingerprint density at radius 2 is 0.938 bits per heavy atom. The zero-order valence-corrected chi connectivity index (χ0v) is 39.3. The molecule has 0 saturated carbocycles. The van der Waals surface area contributed by atoms with Crippen molar-refractivity contribution in [2.75, 3.05) is 4.90 Å². The van der Waals surface area contributed by atoms with E-state index in [4.69, 9.17) is 6.58 Å². The van der Waals surface area contributed by atoms with E-state index >= 15 is 0 Å². The van der Waals surface area contributed by atoms with E-state index in [2.05, 4.69) is 237 Å². The fraction of sp³-hybridized carbons (Fsp3) is 0.188. The fourth-order valence-corrected chi connectivity index (χ4v) is 12.6. The molecule has 0 amide bonds. The molecule has 0 fully saturated rings. The average Bonchev–Trinajstić information content (AvgIpc) is 3.91. The van der Waals surface area contributed by atoms with Crippen molar-refractivity contribution < 1.29 is 0 Å². The Balaban J connectivity index is 1.17. The molecule has 0 N–H and O–H groups in total. The second-order valence-corrected chi connectivity index (χ2v) is 19.6. The number of nitrogens with zero attached hydrogens (tertiary/aromatic N) is 1. The van der Waals surface area contributed by atoms with Crippen LogP contribution < -0.4 is 15.3 Å². The van der Waals surface area contributed by atoms with Gasteiger partial charge in [0.25, 0.3) is 0 Å². The summed E-state index contributed by atoms with van der Waals surface area (Å²) in [6.45, 7) is 25.6. The van der Waals surface area contributed by atoms with E-state index in [1.807, 2.05) is 0 Å². The van der Waals surface area contributed by atoms with Crippen molar-refractivity contribution in [3.8, 4) is 33.4 Å². The van der Waals surface area contributed by atoms with Crippen LogP contribution in [-0.4, -0.2) is 0 Å². The molecule has 0 atom stereocenters. The summed E-state index contributed by atoms with van der Waals surface area (Å²) in [6, 6.07) is 55.2. The molecular formula is C64H57N. The Morgan fingerprint density at radius 3 is 1.40 bits per heavy atom. The van der Waals surface area contributed by atoms with E-state index < -0.39 is 5.41 Å². The highest BCUT2D eigenvalue weighted by Gasteiger charge is 2.53. The van der Waals surface area contributed by atoms with Crippen LogP contribution in [0.25, 0.3) is 51.6 Å². The van der Waals surface area contributed by atoms with Crippen LogP contribution >= 0.6 is 0 Å². The first kappa shape index (κ1) is 40.8. The van der Waals surface area contributed by atoms with E-state index in [0.29, 0.717) is 0 Å². The molecule has 0 aromatic heterocycles. The first-order valence-electron chi connectivity index (χ1n) is 23.4. The number of hydrogen-bond acceptors (Lipinski definition) is 1. The Labute approximate surface area is 385 Å². The minimum atomic E-state index is -0.491. The summed E-state index contributed by atoms with van der Waals surface area (Å²) in [5.74, 6) is 0. The highest BCUT2D eigenvalue weighted by molar-refractivity contribution is 5.98. The molecule has 0 unspecified atom stereocenters. The molecule has 1 spiro atoms. The van der Waals surface area contributed by atoms with Crippen molar-refractivity contribution in [3.05, 3.63) is 235 Å². The maximum absolute atomic E-state index is 4.92. The molecule has 1 nitrogen and oxygen atoms in total. The van der Waals surface area contributed by atoms with Gasteiger partial charge in [-0.2, -0.15) is 0 Å². The Hall–Kier alpha value is -6.96. The molecule has 11 rings (SSSR count). The minimum Gasteiger partial charge on any atom is -0.310 e. The Morgan fingerprint density at radius 1 is 0.492 bits per heavy atom. The molecule has 4 aliphatic carbocycles. The molecule has 0 saturated heterocycles. The Bertz CT molecular complexity index is 3300. The quantitative estimate of drug-likeness (QED) is 0.161. The van der Waals surface area contributed by atoms with Crippen molar-refractivity contribution >= 4 is 35.3 Å². The fourth-order valence-electron chi connectivity index (χ4n) is 12.6. The van der Waals surface area contributed by atoms with Gasteiger partial charge in [-0.15, -0.1) is 0 Å². The summed E-state index contributed by atoms with van der Waals surface area (Å²) in [5.41, 5.74) is 26.4. The van der Waals surface area contributed by atoms with Crippen molar-refractivity contribution in [2.45, 2.75) is 78.6 Å². The topological polar surface area (TPSA) is 3.24 Å². The molecular weight excluding hydrogens is 783 g/mol. The molecule has 0 radical (unpaired) electrons. The summed E-state index contributed by atoms with van der Waals surface area (Å²) in [7, 11) is 0. The molecule has 65 heavy (non-hydrogen) atoms. The van der Waals surface area contributed by atoms with Crippen molar-refractivity contribution in [3.63, 3.8) is 0 Å². The smallest absolute Gasteiger partial charge is 0.0724 e. The van der Waals surface area contributed by atoms with Gasteiger partial charge < -0.3 is 4.90 Å². The van der Waals surface area contributed by atoms with E-state index in [1.165, 1.54) is 94.6 Å². The lowest BCUT2D eigenvalue weighted by Crippen LogP contribution is -2.32. The summed E-state index contributed by atoms with van der Waals surface area (Å²) in [4.78, 5) is 2.52. The van der Waals surface area contributed by atoms with E-state index in [-0.39, 0.29) is 10.8 Å². The van der Waals surface area contributed by atoms with Crippen LogP contribution in [-0.2, 0) is 16.2 Å². The van der Waals surface area contributed by atoms with Gasteiger partial charge in [-0.3, -0.25) is 0 Å². The van der Waals surface area contributed by atoms with E-state index in [1.54, 1.807) is 0 Å². The summed E-state index contributed by atoms with van der Waals surface area (Å²) >= 11 is 0. The van der Waals surface area contributed by atoms with Crippen LogP contribution in [0.5, 0.6) is 0 Å². The lowest BCUT2D eigenvalue weighted by atomic mass is 9.65. The minimum absolute atomic E-state index is 0.151. The maximum atomic E-state index is 4.92. The van der Waals surface area contributed by atoms with Gasteiger partial charge in [0, 0.05) is 27.9 Å². The number of allylic oxidation sites excluding steroid dienone is 8. The molecule has 0 heterocycles. The molecule has 1 heteroatoms. The third-order valence-corrected chi connectivity index (χ3v) is 15.7. The van der Waals surface area contributed by atoms with Gasteiger partial charge in [0.1, 0.15) is 0 Å². The van der Waals surface area contributed by atoms with Gasteiger partial charge in [-0.05, 0) is 182 Å². The molecule has 318 valence electrons. The van der Waals surface area contributed by atoms with Gasteiger partial charge in [-0.25, -0.2) is 0 Å². The largest absolute Gasteiger partial charge is 0.310 e. The zero-order valence-electron chi connectivity index (χ0n) is 39.3. The van der Waals surface area contributed by atoms with E-state index in [9.17, 15) is 0 Å². The van der Waals surface area contributed by atoms with Crippen LogP contribution in [0.2, 0.25) is 0 Å². The predicted molar refractivity (Wildman–Crippen MR) is 278 cm³/mol. The first-order valence-corrected chi connectivity index (χ1v) is 23.4.